The number of aromatic nitrogens is 1. The van der Waals surface area contributed by atoms with Gasteiger partial charge in [-0.2, -0.15) is 0 Å². The van der Waals surface area contributed by atoms with Crippen LogP contribution in [0.3, 0.4) is 0 Å². The van der Waals surface area contributed by atoms with E-state index < -0.39 is 9.84 Å². The van der Waals surface area contributed by atoms with E-state index in [-0.39, 0.29) is 29.5 Å². The fourth-order valence-electron chi connectivity index (χ4n) is 3.63. The van der Waals surface area contributed by atoms with Crippen molar-refractivity contribution in [1.29, 1.82) is 0 Å². The predicted octanol–water partition coefficient (Wildman–Crippen LogP) is 3.22. The highest BCUT2D eigenvalue weighted by Crippen LogP contribution is 2.32. The van der Waals surface area contributed by atoms with Gasteiger partial charge in [0.1, 0.15) is 12.4 Å². The Bertz CT molecular complexity index is 1020. The summed E-state index contributed by atoms with van der Waals surface area (Å²) in [5.41, 5.74) is 1.69. The lowest BCUT2D eigenvalue weighted by Gasteiger charge is -2.27. The molecule has 1 atom stereocenters. The van der Waals surface area contributed by atoms with Gasteiger partial charge in [-0.25, -0.2) is 13.4 Å². The van der Waals surface area contributed by atoms with Crippen LogP contribution in [0.1, 0.15) is 35.5 Å². The Hall–Kier alpha value is -2.19. The molecule has 2 heterocycles. The molecule has 1 unspecified atom stereocenters. The van der Waals surface area contributed by atoms with E-state index >= 15 is 0 Å². The minimum absolute atomic E-state index is 0.0792. The van der Waals surface area contributed by atoms with Gasteiger partial charge in [-0.3, -0.25) is 4.79 Å². The lowest BCUT2D eigenvalue weighted by molar-refractivity contribution is -0.128. The summed E-state index contributed by atoms with van der Waals surface area (Å²) in [6, 6.07) is 7.51. The molecular weight excluding hydrogens is 408 g/mol. The highest BCUT2D eigenvalue weighted by atomic mass is 32.2. The van der Waals surface area contributed by atoms with Crippen LogP contribution in [-0.4, -0.2) is 47.8 Å². The number of ether oxygens (including phenoxy) is 1. The largest absolute Gasteiger partial charge is 0.487 e. The number of para-hydroxylation sites is 1. The van der Waals surface area contributed by atoms with Crippen molar-refractivity contribution in [3.63, 3.8) is 0 Å². The average Bonchev–Trinajstić information content (AvgIpc) is 3.33. The quantitative estimate of drug-likeness (QED) is 0.628. The first kappa shape index (κ1) is 20.1. The number of sulfone groups is 1. The average molecular weight is 433 g/mol. The SMILES string of the molecule is Cc1nc(COc2ccccc2/C=C/C(=O)N(C2CC2)C2CCS(=O)(=O)C2)cs1. The second kappa shape index (κ2) is 8.28. The monoisotopic (exact) mass is 432 g/mol. The number of hydrogen-bond donors (Lipinski definition) is 0. The lowest BCUT2D eigenvalue weighted by Crippen LogP contribution is -2.41. The summed E-state index contributed by atoms with van der Waals surface area (Å²) in [4.78, 5) is 19.1. The zero-order valence-corrected chi connectivity index (χ0v) is 17.9. The van der Waals surface area contributed by atoms with Crippen LogP contribution in [0.2, 0.25) is 0 Å². The maximum atomic E-state index is 12.9. The van der Waals surface area contributed by atoms with E-state index in [4.69, 9.17) is 4.74 Å². The lowest BCUT2D eigenvalue weighted by atomic mass is 10.1. The molecule has 2 fully saturated rings. The molecule has 0 spiro atoms. The second-order valence-corrected chi connectivity index (χ2v) is 10.8. The van der Waals surface area contributed by atoms with Gasteiger partial charge in [-0.05, 0) is 38.3 Å². The first-order valence-corrected chi connectivity index (χ1v) is 12.4. The highest BCUT2D eigenvalue weighted by Gasteiger charge is 2.41. The molecule has 1 saturated heterocycles. The third kappa shape index (κ3) is 5.05. The molecule has 0 N–H and O–H groups in total. The highest BCUT2D eigenvalue weighted by molar-refractivity contribution is 7.91. The van der Waals surface area contributed by atoms with E-state index in [2.05, 4.69) is 4.98 Å². The molecule has 154 valence electrons. The first-order chi connectivity index (χ1) is 13.9. The summed E-state index contributed by atoms with van der Waals surface area (Å²) >= 11 is 1.58. The molecular formula is C21H24N2O4S2. The number of carbonyl (C=O) groups excluding carboxylic acids is 1. The number of aryl methyl sites for hydroxylation is 1. The molecule has 6 nitrogen and oxygen atoms in total. The van der Waals surface area contributed by atoms with E-state index in [1.54, 1.807) is 28.4 Å². The molecule has 1 aliphatic heterocycles. The number of thiazole rings is 1. The van der Waals surface area contributed by atoms with Crippen molar-refractivity contribution in [2.24, 2.45) is 0 Å². The Kier molecular flexibility index (Phi) is 5.74. The van der Waals surface area contributed by atoms with E-state index in [0.717, 1.165) is 29.1 Å². The molecule has 1 aromatic carbocycles. The normalized spacial score (nSPS) is 20.8. The summed E-state index contributed by atoms with van der Waals surface area (Å²) in [5, 5.41) is 2.97. The summed E-state index contributed by atoms with van der Waals surface area (Å²) < 4.78 is 29.6. The molecule has 2 aliphatic rings. The van der Waals surface area contributed by atoms with Crippen molar-refractivity contribution in [3.8, 4) is 5.75 Å². The number of carbonyl (C=O) groups is 1. The minimum atomic E-state index is -3.03. The second-order valence-electron chi connectivity index (χ2n) is 7.55. The zero-order chi connectivity index (χ0) is 20.4. The number of nitrogens with zero attached hydrogens (tertiary/aromatic N) is 2. The van der Waals surface area contributed by atoms with E-state index in [0.29, 0.717) is 18.8 Å². The van der Waals surface area contributed by atoms with E-state index in [1.165, 1.54) is 0 Å². The van der Waals surface area contributed by atoms with Crippen molar-refractivity contribution < 1.29 is 17.9 Å². The number of rotatable bonds is 7. The van der Waals surface area contributed by atoms with Crippen molar-refractivity contribution in [2.45, 2.75) is 44.9 Å². The third-order valence-electron chi connectivity index (χ3n) is 5.16. The first-order valence-electron chi connectivity index (χ1n) is 9.75. The molecule has 2 aromatic rings. The molecule has 29 heavy (non-hydrogen) atoms. The number of benzene rings is 1. The van der Waals surface area contributed by atoms with E-state index in [9.17, 15) is 13.2 Å². The van der Waals surface area contributed by atoms with Gasteiger partial charge in [-0.1, -0.05) is 18.2 Å². The van der Waals surface area contributed by atoms with Crippen molar-refractivity contribution >= 4 is 33.2 Å². The summed E-state index contributed by atoms with van der Waals surface area (Å²) in [5.74, 6) is 0.809. The molecule has 1 aromatic heterocycles. The van der Waals surface area contributed by atoms with Gasteiger partial charge in [0.25, 0.3) is 0 Å². The van der Waals surface area contributed by atoms with Gasteiger partial charge >= 0.3 is 0 Å². The van der Waals surface area contributed by atoms with Gasteiger partial charge < -0.3 is 9.64 Å². The van der Waals surface area contributed by atoms with Crippen LogP contribution >= 0.6 is 11.3 Å². The number of hydrogen-bond acceptors (Lipinski definition) is 6. The zero-order valence-electron chi connectivity index (χ0n) is 16.3. The van der Waals surface area contributed by atoms with Gasteiger partial charge in [-0.15, -0.1) is 11.3 Å². The van der Waals surface area contributed by atoms with Gasteiger partial charge in [0.2, 0.25) is 5.91 Å². The Morgan fingerprint density at radius 1 is 1.28 bits per heavy atom. The van der Waals surface area contributed by atoms with Crippen LogP contribution in [0.25, 0.3) is 6.08 Å². The Morgan fingerprint density at radius 3 is 2.72 bits per heavy atom. The van der Waals surface area contributed by atoms with Crippen LogP contribution in [-0.2, 0) is 21.2 Å². The Morgan fingerprint density at radius 2 is 2.07 bits per heavy atom. The molecule has 1 saturated carbocycles. The fourth-order valence-corrected chi connectivity index (χ4v) is 5.94. The summed E-state index contributed by atoms with van der Waals surface area (Å²) in [6.07, 6.45) is 5.72. The topological polar surface area (TPSA) is 76.6 Å². The standard InChI is InChI=1S/C21H24N2O4S2/c1-15-22-17(13-28-15)12-27-20-5-3-2-4-16(20)6-9-21(24)23(18-7-8-18)19-10-11-29(25,26)14-19/h2-6,9,13,18-19H,7-8,10-12,14H2,1H3/b9-6+. The van der Waals surface area contributed by atoms with Gasteiger partial charge in [0.05, 0.1) is 22.2 Å². The van der Waals surface area contributed by atoms with Crippen LogP contribution in [0, 0.1) is 6.92 Å². The molecule has 4 rings (SSSR count). The fraction of sp³-hybridized carbons (Fsp3) is 0.429. The van der Waals surface area contributed by atoms with Gasteiger partial charge in [0, 0.05) is 29.1 Å². The van der Waals surface area contributed by atoms with E-state index in [1.807, 2.05) is 36.6 Å². The van der Waals surface area contributed by atoms with Crippen LogP contribution in [0.5, 0.6) is 5.75 Å². The number of amides is 1. The van der Waals surface area contributed by atoms with Crippen LogP contribution < -0.4 is 4.74 Å². The third-order valence-corrected chi connectivity index (χ3v) is 7.74. The predicted molar refractivity (Wildman–Crippen MR) is 114 cm³/mol. The van der Waals surface area contributed by atoms with Crippen LogP contribution in [0.4, 0.5) is 0 Å². The van der Waals surface area contributed by atoms with Gasteiger partial charge in [0.15, 0.2) is 9.84 Å². The maximum Gasteiger partial charge on any atom is 0.247 e. The smallest absolute Gasteiger partial charge is 0.247 e. The minimum Gasteiger partial charge on any atom is -0.487 e. The summed E-state index contributed by atoms with van der Waals surface area (Å²) in [6.45, 7) is 2.33. The molecule has 0 radical (unpaired) electrons. The molecule has 0 bridgehead atoms. The maximum absolute atomic E-state index is 12.9. The molecule has 1 aliphatic carbocycles. The van der Waals surface area contributed by atoms with Crippen molar-refractivity contribution in [1.82, 2.24) is 9.88 Å². The Labute approximate surface area is 175 Å². The van der Waals surface area contributed by atoms with Crippen molar-refractivity contribution in [3.05, 3.63) is 52.0 Å². The Balaban J connectivity index is 1.45. The molecule has 1 amide bonds. The van der Waals surface area contributed by atoms with Crippen molar-refractivity contribution in [2.75, 3.05) is 11.5 Å². The summed E-state index contributed by atoms with van der Waals surface area (Å²) in [7, 11) is -3.03. The molecule has 8 heteroatoms. The van der Waals surface area contributed by atoms with Crippen LogP contribution in [0.15, 0.2) is 35.7 Å².